The molecule has 0 unspecified atom stereocenters. The SMILES string of the molecule is Cc1cc(C)c(CNCC2(O)CCC2)cc1C. The number of benzene rings is 1. The van der Waals surface area contributed by atoms with Crippen LogP contribution < -0.4 is 5.32 Å². The number of aliphatic hydroxyl groups is 1. The Morgan fingerprint density at radius 1 is 1.12 bits per heavy atom. The number of nitrogens with one attached hydrogen (secondary N) is 1. The predicted molar refractivity (Wildman–Crippen MR) is 71.2 cm³/mol. The summed E-state index contributed by atoms with van der Waals surface area (Å²) in [7, 11) is 0. The van der Waals surface area contributed by atoms with E-state index in [1.165, 1.54) is 28.7 Å². The van der Waals surface area contributed by atoms with Gasteiger partial charge < -0.3 is 10.4 Å². The molecule has 1 aromatic rings. The van der Waals surface area contributed by atoms with Gasteiger partial charge in [-0.05, 0) is 62.3 Å². The molecule has 0 aliphatic heterocycles. The van der Waals surface area contributed by atoms with Crippen LogP contribution in [0.1, 0.15) is 41.5 Å². The van der Waals surface area contributed by atoms with Gasteiger partial charge in [-0.3, -0.25) is 0 Å². The molecule has 0 bridgehead atoms. The zero-order valence-electron chi connectivity index (χ0n) is 11.1. The Hall–Kier alpha value is -0.860. The summed E-state index contributed by atoms with van der Waals surface area (Å²) in [5.74, 6) is 0. The fourth-order valence-electron chi connectivity index (χ4n) is 2.40. The van der Waals surface area contributed by atoms with Gasteiger partial charge in [-0.1, -0.05) is 12.1 Å². The topological polar surface area (TPSA) is 32.3 Å². The van der Waals surface area contributed by atoms with Crippen molar-refractivity contribution in [3.8, 4) is 0 Å². The van der Waals surface area contributed by atoms with Crippen molar-refractivity contribution in [2.45, 2.75) is 52.2 Å². The minimum atomic E-state index is -0.423. The molecule has 0 radical (unpaired) electrons. The Balaban J connectivity index is 1.92. The van der Waals surface area contributed by atoms with Gasteiger partial charge in [0.1, 0.15) is 0 Å². The third kappa shape index (κ3) is 2.88. The van der Waals surface area contributed by atoms with E-state index in [2.05, 4.69) is 38.2 Å². The molecule has 94 valence electrons. The molecule has 1 aromatic carbocycles. The van der Waals surface area contributed by atoms with E-state index in [1.54, 1.807) is 0 Å². The lowest BCUT2D eigenvalue weighted by atomic mass is 9.80. The highest BCUT2D eigenvalue weighted by molar-refractivity contribution is 5.36. The summed E-state index contributed by atoms with van der Waals surface area (Å²) in [6, 6.07) is 4.49. The number of hydrogen-bond acceptors (Lipinski definition) is 2. The van der Waals surface area contributed by atoms with Crippen molar-refractivity contribution in [1.82, 2.24) is 5.32 Å². The fraction of sp³-hybridized carbons (Fsp3) is 0.600. The average Bonchev–Trinajstić information content (AvgIpc) is 2.23. The van der Waals surface area contributed by atoms with Gasteiger partial charge in [-0.2, -0.15) is 0 Å². The monoisotopic (exact) mass is 233 g/mol. The smallest absolute Gasteiger partial charge is 0.0771 e. The van der Waals surface area contributed by atoms with Crippen LogP contribution in [0.4, 0.5) is 0 Å². The summed E-state index contributed by atoms with van der Waals surface area (Å²) in [6.07, 6.45) is 3.07. The van der Waals surface area contributed by atoms with Crippen LogP contribution >= 0.6 is 0 Å². The highest BCUT2D eigenvalue weighted by Crippen LogP contribution is 2.30. The van der Waals surface area contributed by atoms with Gasteiger partial charge in [0, 0.05) is 13.1 Å². The number of hydrogen-bond donors (Lipinski definition) is 2. The van der Waals surface area contributed by atoms with E-state index in [1.807, 2.05) is 0 Å². The predicted octanol–water partition coefficient (Wildman–Crippen LogP) is 2.62. The van der Waals surface area contributed by atoms with Gasteiger partial charge in [0.2, 0.25) is 0 Å². The maximum atomic E-state index is 9.99. The quantitative estimate of drug-likeness (QED) is 0.838. The summed E-state index contributed by atoms with van der Waals surface area (Å²) in [6.45, 7) is 8.03. The van der Waals surface area contributed by atoms with E-state index in [0.717, 1.165) is 25.9 Å². The normalized spacial score (nSPS) is 17.9. The Labute approximate surface area is 104 Å². The first-order valence-electron chi connectivity index (χ1n) is 6.50. The van der Waals surface area contributed by atoms with E-state index in [4.69, 9.17) is 0 Å². The molecule has 2 heteroatoms. The summed E-state index contributed by atoms with van der Waals surface area (Å²) in [5, 5.41) is 13.4. The van der Waals surface area contributed by atoms with Gasteiger partial charge in [-0.15, -0.1) is 0 Å². The molecule has 2 rings (SSSR count). The summed E-state index contributed by atoms with van der Waals surface area (Å²) in [4.78, 5) is 0. The molecular formula is C15H23NO. The molecule has 0 saturated heterocycles. The first-order chi connectivity index (χ1) is 8.00. The highest BCUT2D eigenvalue weighted by Gasteiger charge is 2.33. The van der Waals surface area contributed by atoms with Crippen molar-refractivity contribution in [2.75, 3.05) is 6.54 Å². The lowest BCUT2D eigenvalue weighted by molar-refractivity contribution is -0.0314. The van der Waals surface area contributed by atoms with E-state index >= 15 is 0 Å². The lowest BCUT2D eigenvalue weighted by Gasteiger charge is -2.36. The molecule has 1 fully saturated rings. The minimum Gasteiger partial charge on any atom is -0.389 e. The van der Waals surface area contributed by atoms with Crippen LogP contribution in [0.3, 0.4) is 0 Å². The van der Waals surface area contributed by atoms with Gasteiger partial charge >= 0.3 is 0 Å². The molecule has 0 heterocycles. The van der Waals surface area contributed by atoms with Crippen molar-refractivity contribution in [2.24, 2.45) is 0 Å². The van der Waals surface area contributed by atoms with Crippen LogP contribution in [0.2, 0.25) is 0 Å². The van der Waals surface area contributed by atoms with Crippen LogP contribution in [-0.4, -0.2) is 17.3 Å². The maximum Gasteiger partial charge on any atom is 0.0771 e. The zero-order valence-corrected chi connectivity index (χ0v) is 11.1. The molecule has 1 aliphatic carbocycles. The van der Waals surface area contributed by atoms with Gasteiger partial charge in [0.05, 0.1) is 5.60 Å². The third-order valence-electron chi connectivity index (χ3n) is 4.01. The molecule has 0 atom stereocenters. The van der Waals surface area contributed by atoms with Gasteiger partial charge in [0.25, 0.3) is 0 Å². The molecule has 1 saturated carbocycles. The Kier molecular flexibility index (Phi) is 3.55. The highest BCUT2D eigenvalue weighted by atomic mass is 16.3. The molecular weight excluding hydrogens is 210 g/mol. The molecule has 2 nitrogen and oxygen atoms in total. The second-order valence-corrected chi connectivity index (χ2v) is 5.54. The summed E-state index contributed by atoms with van der Waals surface area (Å²) < 4.78 is 0. The Morgan fingerprint density at radius 3 is 2.35 bits per heavy atom. The largest absolute Gasteiger partial charge is 0.389 e. The molecule has 2 N–H and O–H groups in total. The number of aryl methyl sites for hydroxylation is 3. The summed E-state index contributed by atoms with van der Waals surface area (Å²) in [5.41, 5.74) is 4.95. The van der Waals surface area contributed by atoms with Crippen molar-refractivity contribution in [3.05, 3.63) is 34.4 Å². The van der Waals surface area contributed by atoms with E-state index in [0.29, 0.717) is 0 Å². The van der Waals surface area contributed by atoms with Crippen LogP contribution in [0, 0.1) is 20.8 Å². The third-order valence-corrected chi connectivity index (χ3v) is 4.01. The van der Waals surface area contributed by atoms with Crippen LogP contribution in [0.5, 0.6) is 0 Å². The zero-order chi connectivity index (χ0) is 12.5. The van der Waals surface area contributed by atoms with Crippen molar-refractivity contribution < 1.29 is 5.11 Å². The van der Waals surface area contributed by atoms with Gasteiger partial charge in [0.15, 0.2) is 0 Å². The lowest BCUT2D eigenvalue weighted by Crippen LogP contribution is -2.46. The van der Waals surface area contributed by atoms with E-state index in [-0.39, 0.29) is 0 Å². The summed E-state index contributed by atoms with van der Waals surface area (Å²) >= 11 is 0. The van der Waals surface area contributed by atoms with Gasteiger partial charge in [-0.25, -0.2) is 0 Å². The van der Waals surface area contributed by atoms with E-state index < -0.39 is 5.60 Å². The fourth-order valence-corrected chi connectivity index (χ4v) is 2.40. The van der Waals surface area contributed by atoms with Crippen molar-refractivity contribution in [1.29, 1.82) is 0 Å². The molecule has 0 aromatic heterocycles. The Bertz CT molecular complexity index is 408. The standard InChI is InChI=1S/C15H23NO/c1-11-7-13(3)14(8-12(11)2)9-16-10-15(17)5-4-6-15/h7-8,16-17H,4-6,9-10H2,1-3H3. The van der Waals surface area contributed by atoms with Crippen LogP contribution in [0.15, 0.2) is 12.1 Å². The first-order valence-corrected chi connectivity index (χ1v) is 6.50. The first kappa shape index (κ1) is 12.6. The maximum absolute atomic E-state index is 9.99. The van der Waals surface area contributed by atoms with Crippen molar-refractivity contribution in [3.63, 3.8) is 0 Å². The number of rotatable bonds is 4. The van der Waals surface area contributed by atoms with Crippen molar-refractivity contribution >= 4 is 0 Å². The molecule has 17 heavy (non-hydrogen) atoms. The van der Waals surface area contributed by atoms with Crippen LogP contribution in [0.25, 0.3) is 0 Å². The van der Waals surface area contributed by atoms with Crippen LogP contribution in [-0.2, 0) is 6.54 Å². The molecule has 0 spiro atoms. The second-order valence-electron chi connectivity index (χ2n) is 5.54. The molecule has 1 aliphatic rings. The van der Waals surface area contributed by atoms with E-state index in [9.17, 15) is 5.11 Å². The second kappa shape index (κ2) is 4.79. The minimum absolute atomic E-state index is 0.423. The average molecular weight is 233 g/mol. The molecule has 0 amide bonds. The Morgan fingerprint density at radius 2 is 1.76 bits per heavy atom.